The van der Waals surface area contributed by atoms with Crippen LogP contribution in [0.15, 0.2) is 53.6 Å². The minimum atomic E-state index is -0.270. The van der Waals surface area contributed by atoms with Crippen molar-refractivity contribution in [1.29, 1.82) is 5.26 Å². The van der Waals surface area contributed by atoms with E-state index in [2.05, 4.69) is 43.8 Å². The van der Waals surface area contributed by atoms with Crippen LogP contribution in [0.2, 0.25) is 0 Å². The first-order chi connectivity index (χ1) is 19.8. The molecule has 9 nitrogen and oxygen atoms in total. The van der Waals surface area contributed by atoms with Gasteiger partial charge in [0, 0.05) is 52.8 Å². The van der Waals surface area contributed by atoms with Gasteiger partial charge in [-0.3, -0.25) is 19.5 Å². The number of carbonyl (C=O) groups excluding carboxylic acids is 1. The Morgan fingerprint density at radius 3 is 2.73 bits per heavy atom. The molecule has 1 fully saturated rings. The van der Waals surface area contributed by atoms with Gasteiger partial charge in [-0.05, 0) is 70.8 Å². The molecule has 1 atom stereocenters. The first kappa shape index (κ1) is 28.1. The van der Waals surface area contributed by atoms with Crippen molar-refractivity contribution in [2.24, 2.45) is 5.92 Å². The number of hydrogen-bond donors (Lipinski definition) is 2. The Balaban J connectivity index is 1.34. The quantitative estimate of drug-likeness (QED) is 0.329. The maximum absolute atomic E-state index is 13.6. The van der Waals surface area contributed by atoms with Crippen molar-refractivity contribution in [2.75, 3.05) is 20.2 Å². The number of nitriles is 1. The fourth-order valence-corrected chi connectivity index (χ4v) is 6.20. The van der Waals surface area contributed by atoms with E-state index in [1.807, 2.05) is 25.1 Å². The van der Waals surface area contributed by atoms with Gasteiger partial charge in [0.15, 0.2) is 0 Å². The van der Waals surface area contributed by atoms with E-state index >= 15 is 0 Å². The number of aromatic amines is 1. The Morgan fingerprint density at radius 2 is 2.00 bits per heavy atom. The molecule has 1 saturated heterocycles. The van der Waals surface area contributed by atoms with Crippen LogP contribution < -0.4 is 15.6 Å². The first-order valence-corrected chi connectivity index (χ1v) is 14.0. The number of amides is 1. The summed E-state index contributed by atoms with van der Waals surface area (Å²) in [7, 11) is 1.52. The molecular weight excluding hydrogens is 516 g/mol. The molecule has 4 heterocycles. The lowest BCUT2D eigenvalue weighted by Gasteiger charge is -2.36. The van der Waals surface area contributed by atoms with Crippen LogP contribution >= 0.6 is 0 Å². The van der Waals surface area contributed by atoms with Gasteiger partial charge in [-0.1, -0.05) is 18.2 Å². The standard InChI is InChI=1S/C32H36N6O3/c1-20-15-29(41-4)27(31(39)36-20)18-35-32(40)30-22(3)38(28-8-6-5-7-26(28)30)21(2)23-10-13-37(14-11-23)19-25-17-34-12-9-24(25)16-33/h5-9,12,15,17,21,23H,10-11,13-14,18-19H2,1-4H3,(H,35,40)(H,36,39)/t21-/m1/s1. The summed E-state index contributed by atoms with van der Waals surface area (Å²) in [4.78, 5) is 35.5. The van der Waals surface area contributed by atoms with Crippen molar-refractivity contribution in [1.82, 2.24) is 24.8 Å². The lowest BCUT2D eigenvalue weighted by atomic mass is 9.89. The number of hydrogen-bond acceptors (Lipinski definition) is 6. The lowest BCUT2D eigenvalue weighted by molar-refractivity contribution is 0.0951. The number of piperidine rings is 1. The second kappa shape index (κ2) is 12.0. The molecule has 212 valence electrons. The highest BCUT2D eigenvalue weighted by Crippen LogP contribution is 2.36. The van der Waals surface area contributed by atoms with E-state index in [0.29, 0.717) is 34.1 Å². The molecule has 1 aromatic carbocycles. The summed E-state index contributed by atoms with van der Waals surface area (Å²) in [5.74, 6) is 0.681. The van der Waals surface area contributed by atoms with Crippen LogP contribution in [-0.4, -0.2) is 45.5 Å². The van der Waals surface area contributed by atoms with Gasteiger partial charge >= 0.3 is 0 Å². The average Bonchev–Trinajstić information content (AvgIpc) is 3.28. The topological polar surface area (TPSA) is 116 Å². The Hall–Kier alpha value is -4.42. The summed E-state index contributed by atoms with van der Waals surface area (Å²) in [5, 5.41) is 13.3. The molecule has 1 aliphatic heterocycles. The van der Waals surface area contributed by atoms with Crippen LogP contribution in [0, 0.1) is 31.1 Å². The van der Waals surface area contributed by atoms with Crippen LogP contribution in [0.1, 0.15) is 64.2 Å². The third-order valence-electron chi connectivity index (χ3n) is 8.40. The fourth-order valence-electron chi connectivity index (χ4n) is 6.20. The van der Waals surface area contributed by atoms with Crippen molar-refractivity contribution in [3.63, 3.8) is 0 Å². The highest BCUT2D eigenvalue weighted by Gasteiger charge is 2.29. The molecule has 0 bridgehead atoms. The minimum Gasteiger partial charge on any atom is -0.496 e. The number of benzene rings is 1. The number of rotatable bonds is 8. The van der Waals surface area contributed by atoms with Crippen molar-refractivity contribution < 1.29 is 9.53 Å². The molecule has 5 rings (SSSR count). The van der Waals surface area contributed by atoms with Crippen LogP contribution in [0.4, 0.5) is 0 Å². The highest BCUT2D eigenvalue weighted by molar-refractivity contribution is 6.08. The Labute approximate surface area is 239 Å². The summed E-state index contributed by atoms with van der Waals surface area (Å²) in [5.41, 5.74) is 5.05. The number of para-hydroxylation sites is 1. The van der Waals surface area contributed by atoms with Crippen molar-refractivity contribution >= 4 is 16.8 Å². The van der Waals surface area contributed by atoms with Crippen molar-refractivity contribution in [3.8, 4) is 11.8 Å². The number of pyridine rings is 2. The Kier molecular flexibility index (Phi) is 8.22. The van der Waals surface area contributed by atoms with Gasteiger partial charge in [0.05, 0.1) is 36.4 Å². The molecule has 4 aromatic rings. The molecule has 0 unspecified atom stereocenters. The van der Waals surface area contributed by atoms with Gasteiger partial charge in [0.25, 0.3) is 11.5 Å². The average molecular weight is 553 g/mol. The minimum absolute atomic E-state index is 0.0645. The van der Waals surface area contributed by atoms with Gasteiger partial charge in [-0.15, -0.1) is 0 Å². The number of aryl methyl sites for hydroxylation is 1. The molecule has 0 radical (unpaired) electrons. The SMILES string of the molecule is COc1cc(C)[nH]c(=O)c1CNC(=O)c1c(C)n([C@H](C)C2CCN(Cc3cnccc3C#N)CC2)c2ccccc12. The summed E-state index contributed by atoms with van der Waals surface area (Å²) in [6.07, 6.45) is 5.49. The number of nitrogens with one attached hydrogen (secondary N) is 2. The Bertz CT molecular complexity index is 1670. The number of aromatic nitrogens is 3. The zero-order valence-electron chi connectivity index (χ0n) is 24.0. The molecule has 9 heteroatoms. The zero-order chi connectivity index (χ0) is 29.1. The normalized spacial score (nSPS) is 15.0. The number of nitrogens with zero attached hydrogens (tertiary/aromatic N) is 4. The zero-order valence-corrected chi connectivity index (χ0v) is 24.0. The predicted octanol–water partition coefficient (Wildman–Crippen LogP) is 4.62. The largest absolute Gasteiger partial charge is 0.496 e. The van der Waals surface area contributed by atoms with Crippen molar-refractivity contribution in [3.05, 3.63) is 92.8 Å². The maximum atomic E-state index is 13.6. The summed E-state index contributed by atoms with van der Waals surface area (Å²) >= 11 is 0. The number of H-pyrrole nitrogens is 1. The van der Waals surface area contributed by atoms with E-state index < -0.39 is 0 Å². The molecule has 2 N–H and O–H groups in total. The molecule has 0 aliphatic carbocycles. The fraction of sp³-hybridized carbons (Fsp3) is 0.375. The highest BCUT2D eigenvalue weighted by atomic mass is 16.5. The number of carbonyl (C=O) groups is 1. The van der Waals surface area contributed by atoms with E-state index in [1.165, 1.54) is 7.11 Å². The van der Waals surface area contributed by atoms with Crippen LogP contribution in [0.5, 0.6) is 5.75 Å². The van der Waals surface area contributed by atoms with E-state index in [0.717, 1.165) is 54.6 Å². The predicted molar refractivity (Wildman–Crippen MR) is 158 cm³/mol. The van der Waals surface area contributed by atoms with Crippen LogP contribution in [-0.2, 0) is 13.1 Å². The number of methoxy groups -OCH3 is 1. The second-order valence-electron chi connectivity index (χ2n) is 10.9. The summed E-state index contributed by atoms with van der Waals surface area (Å²) in [6, 6.07) is 14.0. The van der Waals surface area contributed by atoms with Crippen LogP contribution in [0.3, 0.4) is 0 Å². The number of ether oxygens (including phenoxy) is 1. The first-order valence-electron chi connectivity index (χ1n) is 14.0. The smallest absolute Gasteiger partial charge is 0.256 e. The second-order valence-corrected chi connectivity index (χ2v) is 10.9. The molecular formula is C32H36N6O3. The molecule has 3 aromatic heterocycles. The Morgan fingerprint density at radius 1 is 1.24 bits per heavy atom. The van der Waals surface area contributed by atoms with Gasteiger partial charge in [0.2, 0.25) is 0 Å². The molecule has 0 spiro atoms. The summed E-state index contributed by atoms with van der Waals surface area (Å²) in [6.45, 7) is 8.71. The molecule has 1 amide bonds. The maximum Gasteiger partial charge on any atom is 0.256 e. The monoisotopic (exact) mass is 552 g/mol. The van der Waals surface area contributed by atoms with Gasteiger partial charge < -0.3 is 19.6 Å². The van der Waals surface area contributed by atoms with E-state index in [4.69, 9.17) is 4.74 Å². The van der Waals surface area contributed by atoms with Gasteiger partial charge in [0.1, 0.15) is 5.75 Å². The number of fused-ring (bicyclic) bond motifs is 1. The lowest BCUT2D eigenvalue weighted by Crippen LogP contribution is -2.36. The third kappa shape index (κ3) is 5.61. The third-order valence-corrected chi connectivity index (χ3v) is 8.40. The van der Waals surface area contributed by atoms with Crippen LogP contribution in [0.25, 0.3) is 10.9 Å². The molecule has 0 saturated carbocycles. The van der Waals surface area contributed by atoms with Gasteiger partial charge in [-0.2, -0.15) is 5.26 Å². The number of likely N-dealkylation sites (tertiary alicyclic amines) is 1. The van der Waals surface area contributed by atoms with Gasteiger partial charge in [-0.25, -0.2) is 0 Å². The van der Waals surface area contributed by atoms with E-state index in [1.54, 1.807) is 31.5 Å². The van der Waals surface area contributed by atoms with E-state index in [9.17, 15) is 14.9 Å². The van der Waals surface area contributed by atoms with Crippen molar-refractivity contribution in [2.45, 2.75) is 52.7 Å². The summed E-state index contributed by atoms with van der Waals surface area (Å²) < 4.78 is 7.70. The molecule has 1 aliphatic rings. The molecule has 41 heavy (non-hydrogen) atoms. The van der Waals surface area contributed by atoms with E-state index in [-0.39, 0.29) is 24.1 Å².